The zero-order valence-electron chi connectivity index (χ0n) is 15.6. The highest BCUT2D eigenvalue weighted by Crippen LogP contribution is 2.38. The van der Waals surface area contributed by atoms with Gasteiger partial charge in [-0.25, -0.2) is 0 Å². The number of halogens is 1. The Hall–Kier alpha value is -1.05. The summed E-state index contributed by atoms with van der Waals surface area (Å²) < 4.78 is 12.2. The van der Waals surface area contributed by atoms with Gasteiger partial charge in [0.05, 0.1) is 23.6 Å². The van der Waals surface area contributed by atoms with Crippen LogP contribution in [0.2, 0.25) is 0 Å². The minimum atomic E-state index is -0.00481. The van der Waals surface area contributed by atoms with Gasteiger partial charge in [0.15, 0.2) is 0 Å². The predicted molar refractivity (Wildman–Crippen MR) is 118 cm³/mol. The van der Waals surface area contributed by atoms with Crippen molar-refractivity contribution in [3.05, 3.63) is 27.1 Å². The number of ether oxygens (including phenoxy) is 2. The van der Waals surface area contributed by atoms with E-state index in [1.807, 2.05) is 12.1 Å². The number of thiocarbonyl (C=S) groups is 1. The summed E-state index contributed by atoms with van der Waals surface area (Å²) in [6.45, 7) is 0.718. The molecule has 0 unspecified atom stereocenters. The molecule has 0 atom stereocenters. The fraction of sp³-hybridized carbons (Fsp3) is 0.500. The molecule has 3 rings (SSSR count). The molecule has 1 aliphatic carbocycles. The third kappa shape index (κ3) is 4.87. The molecule has 0 radical (unpaired) electrons. The smallest absolute Gasteiger partial charge is 0.266 e. The molecule has 0 spiro atoms. The molecule has 1 aromatic carbocycles. The summed E-state index contributed by atoms with van der Waals surface area (Å²) in [7, 11) is 3.21. The van der Waals surface area contributed by atoms with E-state index in [4.69, 9.17) is 21.7 Å². The normalized spacial score (nSPS) is 19.8. The van der Waals surface area contributed by atoms with Gasteiger partial charge in [-0.15, -0.1) is 0 Å². The Bertz CT molecular complexity index is 760. The molecule has 1 amide bonds. The number of rotatable bonds is 6. The van der Waals surface area contributed by atoms with Crippen molar-refractivity contribution in [2.24, 2.45) is 5.92 Å². The molecule has 0 N–H and O–H groups in total. The van der Waals surface area contributed by atoms with Gasteiger partial charge < -0.3 is 9.47 Å². The van der Waals surface area contributed by atoms with Crippen molar-refractivity contribution in [1.82, 2.24) is 4.90 Å². The third-order valence-electron chi connectivity index (χ3n) is 5.15. The Morgan fingerprint density at radius 2 is 1.93 bits per heavy atom. The molecule has 0 aromatic heterocycles. The number of amides is 1. The van der Waals surface area contributed by atoms with E-state index >= 15 is 0 Å². The Morgan fingerprint density at radius 3 is 2.59 bits per heavy atom. The number of thioether (sulfide) groups is 1. The quantitative estimate of drug-likeness (QED) is 0.398. The largest absolute Gasteiger partial charge is 0.496 e. The molecule has 2 fully saturated rings. The van der Waals surface area contributed by atoms with E-state index in [1.165, 1.54) is 43.9 Å². The zero-order valence-corrected chi connectivity index (χ0v) is 18.8. The predicted octanol–water partition coefficient (Wildman–Crippen LogP) is 5.64. The Kier molecular flexibility index (Phi) is 7.22. The topological polar surface area (TPSA) is 38.8 Å². The highest BCUT2D eigenvalue weighted by molar-refractivity contribution is 9.10. The first-order chi connectivity index (χ1) is 13.0. The van der Waals surface area contributed by atoms with Gasteiger partial charge in [0.1, 0.15) is 15.8 Å². The summed E-state index contributed by atoms with van der Waals surface area (Å²) in [5.74, 6) is 2.06. The molecule has 146 valence electrons. The first-order valence-corrected chi connectivity index (χ1v) is 11.2. The molecule has 4 nitrogen and oxygen atoms in total. The van der Waals surface area contributed by atoms with Crippen molar-refractivity contribution in [3.63, 3.8) is 0 Å². The van der Waals surface area contributed by atoms with Gasteiger partial charge in [-0.2, -0.15) is 0 Å². The van der Waals surface area contributed by atoms with Gasteiger partial charge in [0, 0.05) is 18.2 Å². The minimum Gasteiger partial charge on any atom is -0.496 e. The first-order valence-electron chi connectivity index (χ1n) is 9.20. The van der Waals surface area contributed by atoms with Crippen LogP contribution in [0.25, 0.3) is 6.08 Å². The van der Waals surface area contributed by atoms with Crippen molar-refractivity contribution in [3.8, 4) is 11.5 Å². The Balaban J connectivity index is 1.75. The number of carbonyl (C=O) groups excluding carboxylic acids is 1. The van der Waals surface area contributed by atoms with Crippen molar-refractivity contribution < 1.29 is 14.3 Å². The van der Waals surface area contributed by atoms with Gasteiger partial charge in [-0.3, -0.25) is 9.69 Å². The highest BCUT2D eigenvalue weighted by Gasteiger charge is 2.32. The average molecular weight is 470 g/mol. The third-order valence-corrected chi connectivity index (χ3v) is 7.15. The highest BCUT2D eigenvalue weighted by atomic mass is 79.9. The Morgan fingerprint density at radius 1 is 1.22 bits per heavy atom. The molecule has 1 saturated heterocycles. The van der Waals surface area contributed by atoms with Gasteiger partial charge in [0.2, 0.25) is 0 Å². The molecule has 1 heterocycles. The van der Waals surface area contributed by atoms with E-state index < -0.39 is 0 Å². The van der Waals surface area contributed by atoms with Gasteiger partial charge in [-0.05, 0) is 40.4 Å². The molecular formula is C20H24BrNO3S2. The van der Waals surface area contributed by atoms with Gasteiger partial charge >= 0.3 is 0 Å². The average Bonchev–Trinajstić information content (AvgIpc) is 2.94. The lowest BCUT2D eigenvalue weighted by Gasteiger charge is -2.23. The summed E-state index contributed by atoms with van der Waals surface area (Å²) in [5.41, 5.74) is 0.818. The maximum Gasteiger partial charge on any atom is 0.266 e. The van der Waals surface area contributed by atoms with Crippen LogP contribution in [-0.2, 0) is 4.79 Å². The van der Waals surface area contributed by atoms with Crippen molar-refractivity contribution in [2.75, 3.05) is 20.8 Å². The summed E-state index contributed by atoms with van der Waals surface area (Å²) in [4.78, 5) is 15.3. The van der Waals surface area contributed by atoms with E-state index in [1.54, 1.807) is 25.2 Å². The first kappa shape index (κ1) is 20.7. The molecular weight excluding hydrogens is 446 g/mol. The number of benzene rings is 1. The van der Waals surface area contributed by atoms with Crippen molar-refractivity contribution in [1.29, 1.82) is 0 Å². The molecule has 7 heteroatoms. The molecule has 1 saturated carbocycles. The molecule has 2 aliphatic rings. The van der Waals surface area contributed by atoms with Crippen LogP contribution in [0.5, 0.6) is 11.5 Å². The van der Waals surface area contributed by atoms with E-state index in [0.29, 0.717) is 20.7 Å². The fourth-order valence-corrected chi connectivity index (χ4v) is 5.44. The van der Waals surface area contributed by atoms with Crippen LogP contribution in [0.15, 0.2) is 21.5 Å². The van der Waals surface area contributed by atoms with E-state index in [0.717, 1.165) is 28.9 Å². The van der Waals surface area contributed by atoms with Crippen LogP contribution in [0.3, 0.4) is 0 Å². The standard InChI is InChI=1S/C20H24BrNO3S2/c1-24-16-12-17(25-2)15(21)10-14(16)11-18-19(23)22(20(26)27-18)9-8-13-6-4-3-5-7-13/h10-13H,3-9H2,1-2H3/b18-11-. The lowest BCUT2D eigenvalue weighted by Crippen LogP contribution is -2.30. The second kappa shape index (κ2) is 9.43. The zero-order chi connectivity index (χ0) is 19.4. The number of hydrogen-bond acceptors (Lipinski definition) is 5. The second-order valence-corrected chi connectivity index (χ2v) is 9.38. The molecule has 1 aliphatic heterocycles. The van der Waals surface area contributed by atoms with Crippen LogP contribution in [0.4, 0.5) is 0 Å². The molecule has 0 bridgehead atoms. The van der Waals surface area contributed by atoms with Gasteiger partial charge in [0.25, 0.3) is 5.91 Å². The van der Waals surface area contributed by atoms with E-state index in [2.05, 4.69) is 15.9 Å². The van der Waals surface area contributed by atoms with E-state index in [9.17, 15) is 4.79 Å². The number of hydrogen-bond donors (Lipinski definition) is 0. The fourth-order valence-electron chi connectivity index (χ4n) is 3.62. The van der Waals surface area contributed by atoms with Crippen molar-refractivity contribution in [2.45, 2.75) is 38.5 Å². The number of nitrogens with zero attached hydrogens (tertiary/aromatic N) is 1. The lowest BCUT2D eigenvalue weighted by atomic mass is 9.87. The monoisotopic (exact) mass is 469 g/mol. The minimum absolute atomic E-state index is 0.00481. The van der Waals surface area contributed by atoms with Crippen LogP contribution in [0.1, 0.15) is 44.1 Å². The Labute approximate surface area is 178 Å². The summed E-state index contributed by atoms with van der Waals surface area (Å²) in [5, 5.41) is 0. The van der Waals surface area contributed by atoms with Crippen molar-refractivity contribution >= 4 is 56.2 Å². The van der Waals surface area contributed by atoms with Crippen LogP contribution < -0.4 is 9.47 Å². The summed E-state index contributed by atoms with van der Waals surface area (Å²) in [6, 6.07) is 3.70. The summed E-state index contributed by atoms with van der Waals surface area (Å²) >= 11 is 10.3. The second-order valence-electron chi connectivity index (χ2n) is 6.85. The number of carbonyl (C=O) groups is 1. The molecule has 27 heavy (non-hydrogen) atoms. The van der Waals surface area contributed by atoms with E-state index in [-0.39, 0.29) is 5.91 Å². The molecule has 1 aromatic rings. The van der Waals surface area contributed by atoms with Crippen LogP contribution in [-0.4, -0.2) is 35.9 Å². The number of methoxy groups -OCH3 is 2. The SMILES string of the molecule is COc1cc(OC)c(/C=C2\SC(=S)N(CCC3CCCCC3)C2=O)cc1Br. The van der Waals surface area contributed by atoms with Gasteiger partial charge in [-0.1, -0.05) is 56.1 Å². The summed E-state index contributed by atoms with van der Waals surface area (Å²) in [6.07, 6.45) is 9.42. The van der Waals surface area contributed by atoms with Crippen LogP contribution in [0, 0.1) is 5.92 Å². The maximum absolute atomic E-state index is 12.9. The maximum atomic E-state index is 12.9. The lowest BCUT2D eigenvalue weighted by molar-refractivity contribution is -0.122. The van der Waals surface area contributed by atoms with Crippen LogP contribution >= 0.6 is 39.9 Å².